The number of nitrogens with zero attached hydrogens (tertiary/aromatic N) is 2. The number of hydrogen-bond acceptors (Lipinski definition) is 5. The molecule has 1 aromatic heterocycles. The van der Waals surface area contributed by atoms with E-state index in [0.717, 1.165) is 0 Å². The summed E-state index contributed by atoms with van der Waals surface area (Å²) in [5.74, 6) is 0.428. The summed E-state index contributed by atoms with van der Waals surface area (Å²) in [7, 11) is 3.01. The summed E-state index contributed by atoms with van der Waals surface area (Å²) in [6.07, 6.45) is 1.38. The minimum absolute atomic E-state index is 0.193. The lowest BCUT2D eigenvalue weighted by Crippen LogP contribution is -2.14. The summed E-state index contributed by atoms with van der Waals surface area (Å²) in [6, 6.07) is 9.91. The van der Waals surface area contributed by atoms with Crippen LogP contribution in [0, 0.1) is 11.3 Å². The molecule has 0 saturated heterocycles. The maximum atomic E-state index is 12.7. The van der Waals surface area contributed by atoms with Gasteiger partial charge in [0.25, 0.3) is 5.91 Å². The fourth-order valence-corrected chi connectivity index (χ4v) is 2.97. The van der Waals surface area contributed by atoms with Gasteiger partial charge in [-0.25, -0.2) is 0 Å². The molecule has 0 bridgehead atoms. The highest BCUT2D eigenvalue weighted by Gasteiger charge is 2.18. The summed E-state index contributed by atoms with van der Waals surface area (Å²) >= 11 is 12.1. The minimum atomic E-state index is -0.499. The molecule has 6 nitrogen and oxygen atoms in total. The molecule has 0 aliphatic carbocycles. The Labute approximate surface area is 165 Å². The molecule has 3 rings (SSSR count). The first-order valence-corrected chi connectivity index (χ1v) is 8.45. The molecule has 0 saturated carbocycles. The van der Waals surface area contributed by atoms with Crippen molar-refractivity contribution < 1.29 is 14.3 Å². The smallest absolute Gasteiger partial charge is 0.257 e. The third kappa shape index (κ3) is 3.61. The Kier molecular flexibility index (Phi) is 5.36. The zero-order chi connectivity index (χ0) is 19.6. The standard InChI is InChI=1S/C19H13Cl2N3O3/c1-26-16-6-13-15(7-17(16)27-2)23-9-10(8-22)18(13)24-19(25)12-5-11(20)3-4-14(12)21/h3-7,9H,1-2H3,(H,23,24,25). The average Bonchev–Trinajstić information content (AvgIpc) is 2.68. The maximum absolute atomic E-state index is 12.7. The van der Waals surface area contributed by atoms with Gasteiger partial charge in [-0.05, 0) is 24.3 Å². The van der Waals surface area contributed by atoms with Crippen molar-refractivity contribution in [3.05, 3.63) is 57.7 Å². The first-order chi connectivity index (χ1) is 13.0. The van der Waals surface area contributed by atoms with Crippen LogP contribution in [0.25, 0.3) is 10.9 Å². The second kappa shape index (κ2) is 7.70. The Hall–Kier alpha value is -3.01. The van der Waals surface area contributed by atoms with Gasteiger partial charge in [-0.3, -0.25) is 9.78 Å². The van der Waals surface area contributed by atoms with E-state index >= 15 is 0 Å². The van der Waals surface area contributed by atoms with Gasteiger partial charge in [0.05, 0.1) is 41.6 Å². The van der Waals surface area contributed by atoms with Crippen LogP contribution in [0.4, 0.5) is 5.69 Å². The number of carbonyl (C=O) groups is 1. The Bertz CT molecular complexity index is 1090. The molecule has 136 valence electrons. The number of fused-ring (bicyclic) bond motifs is 1. The molecule has 1 N–H and O–H groups in total. The van der Waals surface area contributed by atoms with Gasteiger partial charge in [-0.15, -0.1) is 0 Å². The number of carbonyl (C=O) groups excluding carboxylic acids is 1. The number of hydrogen-bond donors (Lipinski definition) is 1. The van der Waals surface area contributed by atoms with Crippen molar-refractivity contribution in [2.45, 2.75) is 0 Å². The van der Waals surface area contributed by atoms with Gasteiger partial charge in [0.1, 0.15) is 6.07 Å². The largest absolute Gasteiger partial charge is 0.493 e. The van der Waals surface area contributed by atoms with Crippen LogP contribution in [-0.4, -0.2) is 25.1 Å². The number of aromatic nitrogens is 1. The molecule has 0 aliphatic rings. The second-order valence-electron chi connectivity index (χ2n) is 5.46. The molecular formula is C19H13Cl2N3O3. The Morgan fingerprint density at radius 3 is 2.52 bits per heavy atom. The molecule has 3 aromatic rings. The number of rotatable bonds is 4. The summed E-state index contributed by atoms with van der Waals surface area (Å²) < 4.78 is 10.6. The predicted octanol–water partition coefficient (Wildman–Crippen LogP) is 4.68. The monoisotopic (exact) mass is 401 g/mol. The normalized spacial score (nSPS) is 10.3. The lowest BCUT2D eigenvalue weighted by molar-refractivity contribution is 0.102. The molecule has 2 aromatic carbocycles. The number of amides is 1. The van der Waals surface area contributed by atoms with Gasteiger partial charge in [0.15, 0.2) is 11.5 Å². The van der Waals surface area contributed by atoms with Crippen LogP contribution in [0.15, 0.2) is 36.5 Å². The van der Waals surface area contributed by atoms with Gasteiger partial charge in [0.2, 0.25) is 0 Å². The SMILES string of the molecule is COc1cc2ncc(C#N)c(NC(=O)c3cc(Cl)ccc3Cl)c2cc1OC. The molecule has 0 atom stereocenters. The number of methoxy groups -OCH3 is 2. The summed E-state index contributed by atoms with van der Waals surface area (Å²) in [4.78, 5) is 17.0. The van der Waals surface area contributed by atoms with Crippen LogP contribution < -0.4 is 14.8 Å². The van der Waals surface area contributed by atoms with E-state index in [-0.39, 0.29) is 16.1 Å². The highest BCUT2D eigenvalue weighted by atomic mass is 35.5. The van der Waals surface area contributed by atoms with Gasteiger partial charge in [0, 0.05) is 22.7 Å². The van der Waals surface area contributed by atoms with Crippen LogP contribution in [0.1, 0.15) is 15.9 Å². The third-order valence-electron chi connectivity index (χ3n) is 3.91. The number of benzene rings is 2. The maximum Gasteiger partial charge on any atom is 0.257 e. The number of pyridine rings is 1. The Morgan fingerprint density at radius 1 is 1.15 bits per heavy atom. The van der Waals surface area contributed by atoms with Gasteiger partial charge < -0.3 is 14.8 Å². The number of ether oxygens (including phenoxy) is 2. The Morgan fingerprint density at radius 2 is 1.85 bits per heavy atom. The van der Waals surface area contributed by atoms with Gasteiger partial charge in [-0.2, -0.15) is 5.26 Å². The Balaban J connectivity index is 2.16. The topological polar surface area (TPSA) is 84.2 Å². The average molecular weight is 402 g/mol. The number of nitrogens with one attached hydrogen (secondary N) is 1. The number of nitriles is 1. The molecule has 0 aliphatic heterocycles. The molecule has 8 heteroatoms. The van der Waals surface area contributed by atoms with E-state index in [1.165, 1.54) is 32.5 Å². The van der Waals surface area contributed by atoms with Crippen molar-refractivity contribution in [1.29, 1.82) is 5.26 Å². The van der Waals surface area contributed by atoms with E-state index in [1.54, 1.807) is 18.2 Å². The van der Waals surface area contributed by atoms with E-state index in [1.807, 2.05) is 6.07 Å². The van der Waals surface area contributed by atoms with E-state index in [9.17, 15) is 10.1 Å². The van der Waals surface area contributed by atoms with E-state index in [2.05, 4.69) is 10.3 Å². The second-order valence-corrected chi connectivity index (χ2v) is 6.30. The van der Waals surface area contributed by atoms with Gasteiger partial charge >= 0.3 is 0 Å². The van der Waals surface area contributed by atoms with E-state index in [4.69, 9.17) is 32.7 Å². The third-order valence-corrected chi connectivity index (χ3v) is 4.47. The highest BCUT2D eigenvalue weighted by Crippen LogP contribution is 2.36. The molecule has 0 radical (unpaired) electrons. The van der Waals surface area contributed by atoms with Crippen LogP contribution in [0.5, 0.6) is 11.5 Å². The number of anilines is 1. The molecule has 0 unspecified atom stereocenters. The zero-order valence-electron chi connectivity index (χ0n) is 14.3. The molecular weight excluding hydrogens is 389 g/mol. The van der Waals surface area contributed by atoms with Crippen molar-refractivity contribution in [3.8, 4) is 17.6 Å². The summed E-state index contributed by atoms with van der Waals surface area (Å²) in [5, 5.41) is 13.3. The minimum Gasteiger partial charge on any atom is -0.493 e. The molecule has 1 heterocycles. The van der Waals surface area contributed by atoms with Crippen molar-refractivity contribution >= 4 is 45.7 Å². The predicted molar refractivity (Wildman–Crippen MR) is 104 cm³/mol. The van der Waals surface area contributed by atoms with Crippen LogP contribution >= 0.6 is 23.2 Å². The van der Waals surface area contributed by atoms with Crippen molar-refractivity contribution in [2.24, 2.45) is 0 Å². The molecule has 0 spiro atoms. The molecule has 27 heavy (non-hydrogen) atoms. The van der Waals surface area contributed by atoms with Crippen LogP contribution in [0.3, 0.4) is 0 Å². The lowest BCUT2D eigenvalue weighted by Gasteiger charge is -2.14. The van der Waals surface area contributed by atoms with E-state index in [0.29, 0.717) is 33.1 Å². The van der Waals surface area contributed by atoms with Crippen molar-refractivity contribution in [2.75, 3.05) is 19.5 Å². The summed E-state index contributed by atoms with van der Waals surface area (Å²) in [6.45, 7) is 0. The van der Waals surface area contributed by atoms with E-state index < -0.39 is 5.91 Å². The summed E-state index contributed by atoms with van der Waals surface area (Å²) in [5.41, 5.74) is 1.21. The first kappa shape index (κ1) is 18.8. The zero-order valence-corrected chi connectivity index (χ0v) is 15.9. The molecule has 0 fully saturated rings. The number of halogens is 2. The van der Waals surface area contributed by atoms with Crippen LogP contribution in [-0.2, 0) is 0 Å². The fourth-order valence-electron chi connectivity index (χ4n) is 2.59. The van der Waals surface area contributed by atoms with Crippen LogP contribution in [0.2, 0.25) is 10.0 Å². The van der Waals surface area contributed by atoms with Crippen molar-refractivity contribution in [1.82, 2.24) is 4.98 Å². The molecule has 1 amide bonds. The lowest BCUT2D eigenvalue weighted by atomic mass is 10.1. The fraction of sp³-hybridized carbons (Fsp3) is 0.105. The quantitative estimate of drug-likeness (QED) is 0.685. The first-order valence-electron chi connectivity index (χ1n) is 7.69. The highest BCUT2D eigenvalue weighted by molar-refractivity contribution is 6.36. The van der Waals surface area contributed by atoms with Crippen molar-refractivity contribution in [3.63, 3.8) is 0 Å². The van der Waals surface area contributed by atoms with Gasteiger partial charge in [-0.1, -0.05) is 23.2 Å².